The smallest absolute Gasteiger partial charge is 0.172 e. The molecule has 0 aliphatic carbocycles. The Morgan fingerprint density at radius 1 is 1.20 bits per heavy atom. The third-order valence-electron chi connectivity index (χ3n) is 0.900. The molecule has 0 fully saturated rings. The van der Waals surface area contributed by atoms with E-state index < -0.39 is 0 Å². The molecule has 0 aliphatic rings. The van der Waals surface area contributed by atoms with Crippen molar-refractivity contribution in [3.8, 4) is 0 Å². The van der Waals surface area contributed by atoms with Gasteiger partial charge in [0.25, 0.3) is 0 Å². The van der Waals surface area contributed by atoms with E-state index in [1.807, 2.05) is 0 Å². The standard InChI is InChI=1S/C5H3N3O2/c9-1-4-5(2-10)8-7-3-6-4/h1-3H. The van der Waals surface area contributed by atoms with E-state index in [-0.39, 0.29) is 11.4 Å². The molecule has 5 heteroatoms. The number of hydrogen-bond acceptors (Lipinski definition) is 5. The second-order valence-corrected chi connectivity index (χ2v) is 1.47. The summed E-state index contributed by atoms with van der Waals surface area (Å²) in [6, 6.07) is 0. The van der Waals surface area contributed by atoms with Gasteiger partial charge in [-0.1, -0.05) is 0 Å². The normalized spacial score (nSPS) is 8.80. The van der Waals surface area contributed by atoms with Crippen molar-refractivity contribution in [1.29, 1.82) is 0 Å². The summed E-state index contributed by atoms with van der Waals surface area (Å²) in [6.45, 7) is 0. The molecule has 1 rings (SSSR count). The molecule has 0 aromatic carbocycles. The second kappa shape index (κ2) is 2.77. The minimum Gasteiger partial charge on any atom is -0.296 e. The Hall–Kier alpha value is -1.65. The predicted octanol–water partition coefficient (Wildman–Crippen LogP) is -0.503. The number of aldehydes is 2. The lowest BCUT2D eigenvalue weighted by Crippen LogP contribution is -1.99. The third kappa shape index (κ3) is 1.02. The van der Waals surface area contributed by atoms with E-state index in [1.165, 1.54) is 0 Å². The first-order valence-electron chi connectivity index (χ1n) is 2.46. The average Bonchev–Trinajstić information content (AvgIpc) is 2.04. The third-order valence-corrected chi connectivity index (χ3v) is 0.900. The van der Waals surface area contributed by atoms with Crippen molar-refractivity contribution in [1.82, 2.24) is 15.2 Å². The Morgan fingerprint density at radius 3 is 2.40 bits per heavy atom. The zero-order valence-electron chi connectivity index (χ0n) is 4.89. The van der Waals surface area contributed by atoms with Gasteiger partial charge in [0.1, 0.15) is 12.0 Å². The monoisotopic (exact) mass is 137 g/mol. The van der Waals surface area contributed by atoms with Crippen molar-refractivity contribution in [2.24, 2.45) is 0 Å². The van der Waals surface area contributed by atoms with Crippen molar-refractivity contribution >= 4 is 12.6 Å². The molecule has 10 heavy (non-hydrogen) atoms. The summed E-state index contributed by atoms with van der Waals surface area (Å²) in [7, 11) is 0. The molecule has 0 amide bonds. The van der Waals surface area contributed by atoms with E-state index in [2.05, 4.69) is 15.2 Å². The van der Waals surface area contributed by atoms with Crippen molar-refractivity contribution in [2.75, 3.05) is 0 Å². The van der Waals surface area contributed by atoms with Crippen LogP contribution < -0.4 is 0 Å². The number of carbonyl (C=O) groups is 2. The second-order valence-electron chi connectivity index (χ2n) is 1.47. The van der Waals surface area contributed by atoms with E-state index in [9.17, 15) is 9.59 Å². The molecule has 5 nitrogen and oxygen atoms in total. The molecule has 0 bridgehead atoms. The highest BCUT2D eigenvalue weighted by Crippen LogP contribution is 1.90. The average molecular weight is 137 g/mol. The number of nitrogens with zero attached hydrogens (tertiary/aromatic N) is 3. The summed E-state index contributed by atoms with van der Waals surface area (Å²) >= 11 is 0. The van der Waals surface area contributed by atoms with Crippen molar-refractivity contribution in [2.45, 2.75) is 0 Å². The van der Waals surface area contributed by atoms with E-state index in [0.29, 0.717) is 12.6 Å². The molecular formula is C5H3N3O2. The van der Waals surface area contributed by atoms with Gasteiger partial charge in [-0.3, -0.25) is 9.59 Å². The zero-order valence-corrected chi connectivity index (χ0v) is 4.89. The first-order chi connectivity index (χ1) is 4.88. The predicted molar refractivity (Wildman–Crippen MR) is 30.6 cm³/mol. The highest BCUT2D eigenvalue weighted by atomic mass is 16.1. The molecular weight excluding hydrogens is 134 g/mol. The van der Waals surface area contributed by atoms with Gasteiger partial charge in [0.05, 0.1) is 0 Å². The topological polar surface area (TPSA) is 72.8 Å². The van der Waals surface area contributed by atoms with Crippen LogP contribution in [-0.4, -0.2) is 27.8 Å². The zero-order chi connectivity index (χ0) is 7.40. The van der Waals surface area contributed by atoms with Crippen LogP contribution in [0.5, 0.6) is 0 Å². The molecule has 0 saturated heterocycles. The molecule has 0 unspecified atom stereocenters. The fourth-order valence-corrected chi connectivity index (χ4v) is 0.468. The Morgan fingerprint density at radius 2 is 1.90 bits per heavy atom. The lowest BCUT2D eigenvalue weighted by atomic mass is 10.4. The number of aromatic nitrogens is 3. The van der Waals surface area contributed by atoms with Gasteiger partial charge < -0.3 is 0 Å². The Labute approximate surface area is 56.1 Å². The van der Waals surface area contributed by atoms with E-state index >= 15 is 0 Å². The molecule has 0 atom stereocenters. The summed E-state index contributed by atoms with van der Waals surface area (Å²) in [5.41, 5.74) is -0.0116. The molecule has 50 valence electrons. The van der Waals surface area contributed by atoms with Crippen LogP contribution in [0.15, 0.2) is 6.33 Å². The lowest BCUT2D eigenvalue weighted by Gasteiger charge is -1.88. The van der Waals surface area contributed by atoms with Crippen molar-refractivity contribution < 1.29 is 9.59 Å². The number of rotatable bonds is 2. The van der Waals surface area contributed by atoms with Crippen LogP contribution in [0.1, 0.15) is 21.0 Å². The van der Waals surface area contributed by atoms with Crippen molar-refractivity contribution in [3.63, 3.8) is 0 Å². The molecule has 1 heterocycles. The van der Waals surface area contributed by atoms with Gasteiger partial charge in [-0.15, -0.1) is 10.2 Å². The fraction of sp³-hybridized carbons (Fsp3) is 0. The molecule has 1 aromatic rings. The van der Waals surface area contributed by atoms with Gasteiger partial charge in [-0.25, -0.2) is 4.98 Å². The lowest BCUT2D eigenvalue weighted by molar-refractivity contribution is 0.108. The Balaban J connectivity index is 3.20. The first-order valence-corrected chi connectivity index (χ1v) is 2.46. The van der Waals surface area contributed by atoms with E-state index in [0.717, 1.165) is 6.33 Å². The maximum Gasteiger partial charge on any atom is 0.172 e. The number of carbonyl (C=O) groups excluding carboxylic acids is 2. The molecule has 1 aromatic heterocycles. The molecule has 0 saturated carbocycles. The molecule has 0 aliphatic heterocycles. The van der Waals surface area contributed by atoms with Crippen LogP contribution in [0.3, 0.4) is 0 Å². The maximum absolute atomic E-state index is 10.1. The Kier molecular flexibility index (Phi) is 1.79. The minimum absolute atomic E-state index is 0.0185. The van der Waals surface area contributed by atoms with Crippen LogP contribution in [0.2, 0.25) is 0 Å². The van der Waals surface area contributed by atoms with Crippen LogP contribution >= 0.6 is 0 Å². The Bertz CT molecular complexity index is 234. The van der Waals surface area contributed by atoms with E-state index in [4.69, 9.17) is 0 Å². The molecule has 0 N–H and O–H groups in total. The van der Waals surface area contributed by atoms with Gasteiger partial charge in [0.2, 0.25) is 0 Å². The SMILES string of the molecule is O=Cc1ncnnc1C=O. The molecule has 0 spiro atoms. The van der Waals surface area contributed by atoms with Crippen LogP contribution in [0, 0.1) is 0 Å². The maximum atomic E-state index is 10.1. The summed E-state index contributed by atoms with van der Waals surface area (Å²) in [6.07, 6.45) is 2.00. The van der Waals surface area contributed by atoms with Crippen molar-refractivity contribution in [3.05, 3.63) is 17.7 Å². The first kappa shape index (κ1) is 6.47. The van der Waals surface area contributed by atoms with Gasteiger partial charge >= 0.3 is 0 Å². The highest BCUT2D eigenvalue weighted by Gasteiger charge is 2.00. The highest BCUT2D eigenvalue weighted by molar-refractivity contribution is 5.85. The van der Waals surface area contributed by atoms with Crippen LogP contribution in [0.4, 0.5) is 0 Å². The summed E-state index contributed by atoms with van der Waals surface area (Å²) in [4.78, 5) is 23.7. The van der Waals surface area contributed by atoms with Crippen LogP contribution in [0.25, 0.3) is 0 Å². The van der Waals surface area contributed by atoms with Crippen LogP contribution in [-0.2, 0) is 0 Å². The number of hydrogen-bond donors (Lipinski definition) is 0. The summed E-state index contributed by atoms with van der Waals surface area (Å²) in [5, 5.41) is 6.67. The fourth-order valence-electron chi connectivity index (χ4n) is 0.468. The summed E-state index contributed by atoms with van der Waals surface area (Å²) < 4.78 is 0. The van der Waals surface area contributed by atoms with Gasteiger partial charge in [0, 0.05) is 0 Å². The minimum atomic E-state index is -0.0301. The van der Waals surface area contributed by atoms with Gasteiger partial charge in [-0.05, 0) is 0 Å². The van der Waals surface area contributed by atoms with Gasteiger partial charge in [-0.2, -0.15) is 0 Å². The quantitative estimate of drug-likeness (QED) is 0.513. The summed E-state index contributed by atoms with van der Waals surface area (Å²) in [5.74, 6) is 0. The molecule has 0 radical (unpaired) electrons. The largest absolute Gasteiger partial charge is 0.296 e. The van der Waals surface area contributed by atoms with Gasteiger partial charge in [0.15, 0.2) is 18.3 Å². The van der Waals surface area contributed by atoms with E-state index in [1.54, 1.807) is 0 Å².